The number of para-hydroxylation sites is 1. The molecule has 1 saturated heterocycles. The van der Waals surface area contributed by atoms with E-state index in [4.69, 9.17) is 0 Å². The van der Waals surface area contributed by atoms with E-state index in [0.29, 0.717) is 62.0 Å². The maximum atomic E-state index is 14.1. The van der Waals surface area contributed by atoms with Gasteiger partial charge >= 0.3 is 5.69 Å². The molecule has 39 heavy (non-hydrogen) atoms. The van der Waals surface area contributed by atoms with Crippen molar-refractivity contribution in [1.82, 2.24) is 24.1 Å². The minimum absolute atomic E-state index is 0.152. The van der Waals surface area contributed by atoms with Gasteiger partial charge in [-0.05, 0) is 37.1 Å². The summed E-state index contributed by atoms with van der Waals surface area (Å²) in [4.78, 5) is 30.7. The summed E-state index contributed by atoms with van der Waals surface area (Å²) in [6.07, 6.45) is 0.520. The number of nitrogens with one attached hydrogen (secondary N) is 2. The normalized spacial score (nSPS) is 14.3. The van der Waals surface area contributed by atoms with Crippen molar-refractivity contribution < 1.29 is 9.00 Å². The van der Waals surface area contributed by atoms with Crippen molar-refractivity contribution in [2.75, 3.05) is 32.7 Å². The summed E-state index contributed by atoms with van der Waals surface area (Å²) in [7, 11) is -1.35. The lowest BCUT2D eigenvalue weighted by Gasteiger charge is -2.28. The van der Waals surface area contributed by atoms with Crippen LogP contribution in [-0.4, -0.2) is 56.9 Å². The van der Waals surface area contributed by atoms with Crippen LogP contribution < -0.4 is 15.7 Å². The molecule has 2 N–H and O–H groups in total. The molecule has 1 fully saturated rings. The van der Waals surface area contributed by atoms with Crippen LogP contribution in [-0.2, 0) is 17.5 Å². The predicted octanol–water partition coefficient (Wildman–Crippen LogP) is 3.36. The number of rotatable bonds is 9. The van der Waals surface area contributed by atoms with E-state index in [1.807, 2.05) is 96.8 Å². The second-order valence-corrected chi connectivity index (χ2v) is 10.8. The number of carbonyl (C=O) groups excluding carboxylic acids is 1. The van der Waals surface area contributed by atoms with Crippen LogP contribution in [0.2, 0.25) is 0 Å². The van der Waals surface area contributed by atoms with Crippen molar-refractivity contribution in [1.29, 1.82) is 0 Å². The second kappa shape index (κ2) is 12.4. The van der Waals surface area contributed by atoms with E-state index in [0.717, 1.165) is 16.8 Å². The van der Waals surface area contributed by atoms with Crippen molar-refractivity contribution >= 4 is 16.9 Å². The van der Waals surface area contributed by atoms with Gasteiger partial charge in [-0.2, -0.15) is 0 Å². The fraction of sp³-hybridized carbons (Fsp3) is 0.267. The first-order chi connectivity index (χ1) is 19.1. The molecule has 0 saturated carbocycles. The average Bonchev–Trinajstić information content (AvgIpc) is 3.27. The highest BCUT2D eigenvalue weighted by Gasteiger charge is 2.31. The molecule has 5 rings (SSSR count). The summed E-state index contributed by atoms with van der Waals surface area (Å²) < 4.78 is 19.0. The van der Waals surface area contributed by atoms with Crippen molar-refractivity contribution in [3.05, 3.63) is 107 Å². The SMILES string of the molecule is Cc1ccccc1-n1c(-c2ccccc2)c(C(=O)N2CCNCC2)n(CCCNS(=O)c2ccccc2)c1=O. The van der Waals surface area contributed by atoms with Crippen LogP contribution in [0.1, 0.15) is 22.5 Å². The molecule has 4 aromatic rings. The maximum Gasteiger partial charge on any atom is 0.333 e. The summed E-state index contributed by atoms with van der Waals surface area (Å²) >= 11 is 0. The Morgan fingerprint density at radius 3 is 2.26 bits per heavy atom. The minimum atomic E-state index is -1.35. The lowest BCUT2D eigenvalue weighted by molar-refractivity contribution is 0.0725. The maximum absolute atomic E-state index is 14.1. The Kier molecular flexibility index (Phi) is 8.51. The van der Waals surface area contributed by atoms with Crippen LogP contribution >= 0.6 is 0 Å². The van der Waals surface area contributed by atoms with Crippen molar-refractivity contribution in [3.8, 4) is 16.9 Å². The van der Waals surface area contributed by atoms with E-state index in [9.17, 15) is 13.8 Å². The van der Waals surface area contributed by atoms with Gasteiger partial charge in [-0.15, -0.1) is 0 Å². The van der Waals surface area contributed by atoms with Crippen molar-refractivity contribution in [2.45, 2.75) is 24.8 Å². The molecule has 202 valence electrons. The number of piperazine rings is 1. The Hall–Kier alpha value is -3.79. The van der Waals surface area contributed by atoms with E-state index < -0.39 is 11.0 Å². The molecule has 3 aromatic carbocycles. The highest BCUT2D eigenvalue weighted by atomic mass is 32.2. The summed E-state index contributed by atoms with van der Waals surface area (Å²) in [5.74, 6) is -0.152. The number of nitrogens with zero attached hydrogens (tertiary/aromatic N) is 3. The lowest BCUT2D eigenvalue weighted by Crippen LogP contribution is -2.47. The summed E-state index contributed by atoms with van der Waals surface area (Å²) in [5.41, 5.74) is 3.22. The average molecular weight is 544 g/mol. The molecular formula is C30H33N5O3S. The molecular weight excluding hydrogens is 510 g/mol. The van der Waals surface area contributed by atoms with E-state index in [1.54, 1.807) is 9.13 Å². The molecule has 0 bridgehead atoms. The highest BCUT2D eigenvalue weighted by Crippen LogP contribution is 2.29. The molecule has 1 unspecified atom stereocenters. The third kappa shape index (κ3) is 5.80. The first-order valence-corrected chi connectivity index (χ1v) is 14.4. The number of hydrogen-bond acceptors (Lipinski definition) is 4. The molecule has 9 heteroatoms. The number of hydrogen-bond donors (Lipinski definition) is 2. The Balaban J connectivity index is 1.56. The Morgan fingerprint density at radius 2 is 1.56 bits per heavy atom. The molecule has 1 atom stereocenters. The summed E-state index contributed by atoms with van der Waals surface area (Å²) in [6.45, 7) is 5.28. The molecule has 1 amide bonds. The zero-order valence-electron chi connectivity index (χ0n) is 22.0. The van der Waals surface area contributed by atoms with Crippen LogP contribution in [0, 0.1) is 6.92 Å². The predicted molar refractivity (Wildman–Crippen MR) is 154 cm³/mol. The number of imidazole rings is 1. The fourth-order valence-electron chi connectivity index (χ4n) is 4.92. The van der Waals surface area contributed by atoms with E-state index in [-0.39, 0.29) is 11.6 Å². The van der Waals surface area contributed by atoms with Gasteiger partial charge < -0.3 is 10.2 Å². The summed E-state index contributed by atoms with van der Waals surface area (Å²) in [5, 5.41) is 3.29. The molecule has 1 aromatic heterocycles. The van der Waals surface area contributed by atoms with Gasteiger partial charge in [0.1, 0.15) is 16.7 Å². The van der Waals surface area contributed by atoms with Gasteiger partial charge in [0.2, 0.25) is 0 Å². The van der Waals surface area contributed by atoms with Gasteiger partial charge in [-0.3, -0.25) is 13.9 Å². The van der Waals surface area contributed by atoms with E-state index in [2.05, 4.69) is 10.0 Å². The van der Waals surface area contributed by atoms with Crippen LogP contribution in [0.15, 0.2) is 94.6 Å². The standard InChI is InChI=1S/C30H33N5O3S/c1-23-11-8-9-16-26(23)35-27(24-12-4-2-5-13-24)28(29(36)33-21-18-31-19-22-33)34(30(35)37)20-10-17-32-39(38)25-14-6-3-7-15-25/h2-9,11-16,31-32H,10,17-22H2,1H3. The van der Waals surface area contributed by atoms with Crippen LogP contribution in [0.4, 0.5) is 0 Å². The number of amides is 1. The molecule has 0 radical (unpaired) electrons. The molecule has 0 spiro atoms. The number of carbonyl (C=O) groups is 1. The van der Waals surface area contributed by atoms with Gasteiger partial charge in [-0.1, -0.05) is 66.7 Å². The third-order valence-electron chi connectivity index (χ3n) is 6.90. The molecule has 2 heterocycles. The lowest BCUT2D eigenvalue weighted by atomic mass is 10.1. The van der Waals surface area contributed by atoms with Crippen LogP contribution in [0.25, 0.3) is 16.9 Å². The molecule has 1 aliphatic heterocycles. The Bertz CT molecular complexity index is 1510. The smallest absolute Gasteiger partial charge is 0.333 e. The Labute approximate surface area is 230 Å². The number of aryl methyl sites for hydroxylation is 1. The van der Waals surface area contributed by atoms with Gasteiger partial charge in [0.25, 0.3) is 5.91 Å². The minimum Gasteiger partial charge on any atom is -0.335 e. The quantitative estimate of drug-likeness (QED) is 0.317. The second-order valence-electron chi connectivity index (χ2n) is 9.49. The Morgan fingerprint density at radius 1 is 0.923 bits per heavy atom. The molecule has 1 aliphatic rings. The van der Waals surface area contributed by atoms with Gasteiger partial charge in [-0.25, -0.2) is 13.7 Å². The van der Waals surface area contributed by atoms with Crippen LogP contribution in [0.3, 0.4) is 0 Å². The topological polar surface area (TPSA) is 88.4 Å². The van der Waals surface area contributed by atoms with Crippen molar-refractivity contribution in [3.63, 3.8) is 0 Å². The van der Waals surface area contributed by atoms with E-state index >= 15 is 0 Å². The van der Waals surface area contributed by atoms with Crippen molar-refractivity contribution in [2.24, 2.45) is 0 Å². The monoisotopic (exact) mass is 543 g/mol. The molecule has 8 nitrogen and oxygen atoms in total. The fourth-order valence-corrected chi connectivity index (χ4v) is 5.82. The van der Waals surface area contributed by atoms with Gasteiger partial charge in [0.05, 0.1) is 16.3 Å². The first-order valence-electron chi connectivity index (χ1n) is 13.2. The highest BCUT2D eigenvalue weighted by molar-refractivity contribution is 7.83. The van der Waals surface area contributed by atoms with Crippen LogP contribution in [0.5, 0.6) is 0 Å². The number of aromatic nitrogens is 2. The van der Waals surface area contributed by atoms with Gasteiger partial charge in [0, 0.05) is 44.8 Å². The third-order valence-corrected chi connectivity index (χ3v) is 8.07. The van der Waals surface area contributed by atoms with Gasteiger partial charge in [0.15, 0.2) is 0 Å². The zero-order valence-corrected chi connectivity index (χ0v) is 22.8. The summed E-state index contributed by atoms with van der Waals surface area (Å²) in [6, 6.07) is 26.6. The largest absolute Gasteiger partial charge is 0.335 e. The number of benzene rings is 3. The zero-order chi connectivity index (χ0) is 27.2. The first kappa shape index (κ1) is 26.8. The molecule has 0 aliphatic carbocycles. The van der Waals surface area contributed by atoms with E-state index in [1.165, 1.54) is 0 Å².